The summed E-state index contributed by atoms with van der Waals surface area (Å²) < 4.78 is 0. The van der Waals surface area contributed by atoms with Crippen molar-refractivity contribution in [3.8, 4) is 0 Å². The van der Waals surface area contributed by atoms with E-state index < -0.39 is 0 Å². The maximum Gasteiger partial charge on any atom is -0.00106 e. The van der Waals surface area contributed by atoms with Crippen LogP contribution >= 0.6 is 0 Å². The molecule has 1 aliphatic rings. The summed E-state index contributed by atoms with van der Waals surface area (Å²) in [5.74, 6) is 0.611. The smallest absolute Gasteiger partial charge is 0.00106 e. The highest BCUT2D eigenvalue weighted by molar-refractivity contribution is 5.31. The van der Waals surface area contributed by atoms with Gasteiger partial charge in [-0.1, -0.05) is 37.3 Å². The molecule has 0 radical (unpaired) electrons. The van der Waals surface area contributed by atoms with Crippen molar-refractivity contribution >= 4 is 0 Å². The van der Waals surface area contributed by atoms with E-state index in [1.54, 1.807) is 0 Å². The van der Waals surface area contributed by atoms with Gasteiger partial charge in [0.05, 0.1) is 0 Å². The van der Waals surface area contributed by atoms with Crippen molar-refractivity contribution in [2.75, 3.05) is 0 Å². The molecule has 0 aromatic heterocycles. The molecule has 1 unspecified atom stereocenters. The first-order chi connectivity index (χ1) is 4.34. The first kappa shape index (κ1) is 6.34. The topological polar surface area (TPSA) is 0 Å². The standard InChI is InChI=1S/C9H12/c1-3-9-7-5-4-6-8(9)2/h3-8H,1-2H3/b9-3-. The van der Waals surface area contributed by atoms with Crippen LogP contribution in [0, 0.1) is 5.92 Å². The van der Waals surface area contributed by atoms with E-state index in [0.717, 1.165) is 0 Å². The van der Waals surface area contributed by atoms with Crippen LogP contribution in [0.1, 0.15) is 13.8 Å². The zero-order valence-corrected chi connectivity index (χ0v) is 5.96. The monoisotopic (exact) mass is 120 g/mol. The first-order valence-electron chi connectivity index (χ1n) is 3.35. The third kappa shape index (κ3) is 1.32. The van der Waals surface area contributed by atoms with E-state index >= 15 is 0 Å². The van der Waals surface area contributed by atoms with Crippen molar-refractivity contribution in [2.45, 2.75) is 13.8 Å². The normalized spacial score (nSPS) is 29.6. The van der Waals surface area contributed by atoms with Crippen LogP contribution in [0.15, 0.2) is 36.0 Å². The van der Waals surface area contributed by atoms with Crippen LogP contribution in [-0.2, 0) is 0 Å². The SMILES string of the molecule is C/C=C1/C=CC=CC1C. The van der Waals surface area contributed by atoms with E-state index in [9.17, 15) is 0 Å². The van der Waals surface area contributed by atoms with Crippen LogP contribution in [0.2, 0.25) is 0 Å². The molecule has 0 saturated heterocycles. The van der Waals surface area contributed by atoms with Gasteiger partial charge in [0.1, 0.15) is 0 Å². The van der Waals surface area contributed by atoms with Crippen LogP contribution in [-0.4, -0.2) is 0 Å². The van der Waals surface area contributed by atoms with Crippen LogP contribution in [0.25, 0.3) is 0 Å². The number of hydrogen-bond acceptors (Lipinski definition) is 0. The van der Waals surface area contributed by atoms with E-state index in [0.29, 0.717) is 5.92 Å². The van der Waals surface area contributed by atoms with Crippen molar-refractivity contribution in [2.24, 2.45) is 5.92 Å². The van der Waals surface area contributed by atoms with Gasteiger partial charge in [0.2, 0.25) is 0 Å². The summed E-state index contributed by atoms with van der Waals surface area (Å²) in [4.78, 5) is 0. The van der Waals surface area contributed by atoms with Crippen LogP contribution in [0.3, 0.4) is 0 Å². The van der Waals surface area contributed by atoms with Crippen molar-refractivity contribution in [1.29, 1.82) is 0 Å². The molecule has 0 aromatic carbocycles. The van der Waals surface area contributed by atoms with Gasteiger partial charge in [-0.15, -0.1) is 0 Å². The molecule has 0 spiro atoms. The van der Waals surface area contributed by atoms with Gasteiger partial charge in [-0.25, -0.2) is 0 Å². The lowest BCUT2D eigenvalue weighted by Crippen LogP contribution is -1.94. The minimum absolute atomic E-state index is 0.611. The van der Waals surface area contributed by atoms with Crippen LogP contribution in [0.5, 0.6) is 0 Å². The Labute approximate surface area is 56.6 Å². The Hall–Kier alpha value is -0.780. The van der Waals surface area contributed by atoms with E-state index in [1.165, 1.54) is 5.57 Å². The summed E-state index contributed by atoms with van der Waals surface area (Å²) >= 11 is 0. The van der Waals surface area contributed by atoms with Crippen molar-refractivity contribution in [3.63, 3.8) is 0 Å². The summed E-state index contributed by atoms with van der Waals surface area (Å²) in [5, 5.41) is 0. The van der Waals surface area contributed by atoms with E-state index in [1.807, 2.05) is 0 Å². The molecule has 0 aromatic rings. The summed E-state index contributed by atoms with van der Waals surface area (Å²) in [6.45, 7) is 4.28. The van der Waals surface area contributed by atoms with Gasteiger partial charge < -0.3 is 0 Å². The molecule has 1 rings (SSSR count). The Morgan fingerprint density at radius 3 is 2.67 bits per heavy atom. The highest BCUT2D eigenvalue weighted by atomic mass is 14.1. The quantitative estimate of drug-likeness (QED) is 0.461. The summed E-state index contributed by atoms with van der Waals surface area (Å²) in [6.07, 6.45) is 10.7. The Morgan fingerprint density at radius 2 is 2.22 bits per heavy atom. The Kier molecular flexibility index (Phi) is 1.88. The van der Waals surface area contributed by atoms with E-state index in [2.05, 4.69) is 44.2 Å². The van der Waals surface area contributed by atoms with Crippen molar-refractivity contribution in [1.82, 2.24) is 0 Å². The van der Waals surface area contributed by atoms with Gasteiger partial charge in [0.25, 0.3) is 0 Å². The van der Waals surface area contributed by atoms with Crippen LogP contribution < -0.4 is 0 Å². The lowest BCUT2D eigenvalue weighted by atomic mass is 9.97. The van der Waals surface area contributed by atoms with Gasteiger partial charge in [-0.2, -0.15) is 0 Å². The minimum atomic E-state index is 0.611. The van der Waals surface area contributed by atoms with Gasteiger partial charge in [-0.05, 0) is 18.4 Å². The molecular formula is C9H12. The molecule has 9 heavy (non-hydrogen) atoms. The second-order valence-corrected chi connectivity index (χ2v) is 2.32. The number of rotatable bonds is 0. The largest absolute Gasteiger partial charge is 0.0839 e. The Bertz CT molecular complexity index is 170. The molecule has 0 bridgehead atoms. The number of allylic oxidation sites excluding steroid dienone is 6. The van der Waals surface area contributed by atoms with E-state index in [-0.39, 0.29) is 0 Å². The van der Waals surface area contributed by atoms with Crippen LogP contribution in [0.4, 0.5) is 0 Å². The molecule has 1 aliphatic carbocycles. The first-order valence-corrected chi connectivity index (χ1v) is 3.35. The minimum Gasteiger partial charge on any atom is -0.0839 e. The van der Waals surface area contributed by atoms with Gasteiger partial charge in [-0.3, -0.25) is 0 Å². The molecule has 0 saturated carbocycles. The van der Waals surface area contributed by atoms with E-state index in [4.69, 9.17) is 0 Å². The predicted octanol–water partition coefficient (Wildman–Crippen LogP) is 2.69. The average Bonchev–Trinajstić information content (AvgIpc) is 1.89. The zero-order chi connectivity index (χ0) is 6.69. The molecule has 1 atom stereocenters. The zero-order valence-electron chi connectivity index (χ0n) is 5.96. The highest BCUT2D eigenvalue weighted by Crippen LogP contribution is 2.16. The Balaban J connectivity index is 2.78. The van der Waals surface area contributed by atoms with Crippen molar-refractivity contribution < 1.29 is 0 Å². The maximum absolute atomic E-state index is 2.20. The van der Waals surface area contributed by atoms with Gasteiger partial charge in [0.15, 0.2) is 0 Å². The molecular weight excluding hydrogens is 108 g/mol. The molecule has 0 heterocycles. The molecule has 0 nitrogen and oxygen atoms in total. The van der Waals surface area contributed by atoms with Gasteiger partial charge in [0, 0.05) is 0 Å². The average molecular weight is 120 g/mol. The fourth-order valence-corrected chi connectivity index (χ4v) is 1.02. The second-order valence-electron chi connectivity index (χ2n) is 2.32. The van der Waals surface area contributed by atoms with Gasteiger partial charge >= 0.3 is 0 Å². The lowest BCUT2D eigenvalue weighted by Gasteiger charge is -2.09. The summed E-state index contributed by atoms with van der Waals surface area (Å²) in [5.41, 5.74) is 1.41. The molecule has 0 amide bonds. The molecule has 0 aliphatic heterocycles. The summed E-state index contributed by atoms with van der Waals surface area (Å²) in [6, 6.07) is 0. The van der Waals surface area contributed by atoms with Crippen molar-refractivity contribution in [3.05, 3.63) is 36.0 Å². The Morgan fingerprint density at radius 1 is 1.44 bits per heavy atom. The third-order valence-electron chi connectivity index (χ3n) is 1.66. The predicted molar refractivity (Wildman–Crippen MR) is 41.2 cm³/mol. The summed E-state index contributed by atoms with van der Waals surface area (Å²) in [7, 11) is 0. The lowest BCUT2D eigenvalue weighted by molar-refractivity contribution is 0.881. The fraction of sp³-hybridized carbons (Fsp3) is 0.333. The number of hydrogen-bond donors (Lipinski definition) is 0. The molecule has 48 valence electrons. The molecule has 0 N–H and O–H groups in total. The fourth-order valence-electron chi connectivity index (χ4n) is 1.02. The maximum atomic E-state index is 2.20. The second kappa shape index (κ2) is 2.67. The molecule has 0 fully saturated rings. The molecule has 0 heteroatoms. The highest BCUT2D eigenvalue weighted by Gasteiger charge is 2.01. The third-order valence-corrected chi connectivity index (χ3v) is 1.66.